The fraction of sp³-hybridized carbons (Fsp3) is 0.600. The zero-order valence-corrected chi connectivity index (χ0v) is 16.5. The highest BCUT2D eigenvalue weighted by Crippen LogP contribution is 2.38. The summed E-state index contributed by atoms with van der Waals surface area (Å²) in [6.45, 7) is 2.31. The van der Waals surface area contributed by atoms with Gasteiger partial charge in [-0.05, 0) is 37.3 Å². The summed E-state index contributed by atoms with van der Waals surface area (Å²) in [5.74, 6) is -0.839. The van der Waals surface area contributed by atoms with Gasteiger partial charge < -0.3 is 15.8 Å². The van der Waals surface area contributed by atoms with Gasteiger partial charge in [0.15, 0.2) is 0 Å². The second-order valence-electron chi connectivity index (χ2n) is 7.21. The maximum atomic E-state index is 12.8. The first-order valence-corrected chi connectivity index (χ1v) is 9.13. The van der Waals surface area contributed by atoms with Crippen molar-refractivity contribution in [2.75, 3.05) is 13.7 Å². The lowest BCUT2D eigenvalue weighted by molar-refractivity contribution is -0.146. The van der Waals surface area contributed by atoms with Crippen molar-refractivity contribution < 1.29 is 14.3 Å². The number of amides is 1. The van der Waals surface area contributed by atoms with Crippen molar-refractivity contribution in [1.82, 2.24) is 5.32 Å². The Morgan fingerprint density at radius 1 is 1.19 bits per heavy atom. The van der Waals surface area contributed by atoms with Gasteiger partial charge in [-0.15, -0.1) is 12.4 Å². The number of carbonyl (C=O) groups is 2. The van der Waals surface area contributed by atoms with Gasteiger partial charge in [-0.2, -0.15) is 0 Å². The van der Waals surface area contributed by atoms with Gasteiger partial charge in [-0.3, -0.25) is 9.59 Å². The van der Waals surface area contributed by atoms with Crippen LogP contribution in [-0.2, 0) is 14.3 Å². The first-order valence-electron chi connectivity index (χ1n) is 9.13. The molecule has 6 heteroatoms. The molecule has 0 radical (unpaired) electrons. The Kier molecular flexibility index (Phi) is 9.09. The molecule has 0 bridgehead atoms. The van der Waals surface area contributed by atoms with Crippen LogP contribution in [-0.4, -0.2) is 25.5 Å². The standard InChI is InChI=1S/C20H30N2O3.ClH/c1-15(19(24)25-2)18(16-9-5-3-6-10-16)22-17(23)13-20(14-21)11-7-4-8-12-20;/h3,5-6,9-10,15,18H,4,7-8,11-14,21H2,1-2H3,(H,22,23);1H. The van der Waals surface area contributed by atoms with Crippen LogP contribution in [0.4, 0.5) is 0 Å². The van der Waals surface area contributed by atoms with E-state index in [0.717, 1.165) is 31.2 Å². The van der Waals surface area contributed by atoms with Crippen LogP contribution >= 0.6 is 12.4 Å². The van der Waals surface area contributed by atoms with E-state index in [1.54, 1.807) is 6.92 Å². The van der Waals surface area contributed by atoms with Crippen LogP contribution in [0.3, 0.4) is 0 Å². The Morgan fingerprint density at radius 3 is 2.35 bits per heavy atom. The van der Waals surface area contributed by atoms with E-state index in [2.05, 4.69) is 5.32 Å². The molecule has 1 aliphatic carbocycles. The number of esters is 1. The lowest BCUT2D eigenvalue weighted by atomic mass is 9.71. The number of rotatable bonds is 7. The monoisotopic (exact) mass is 382 g/mol. The number of methoxy groups -OCH3 is 1. The maximum absolute atomic E-state index is 12.8. The SMILES string of the molecule is COC(=O)C(C)C(NC(=O)CC1(CN)CCCCC1)c1ccccc1.Cl. The molecule has 1 aliphatic rings. The van der Waals surface area contributed by atoms with Crippen molar-refractivity contribution in [3.63, 3.8) is 0 Å². The molecule has 2 atom stereocenters. The van der Waals surface area contributed by atoms with Crippen molar-refractivity contribution in [3.8, 4) is 0 Å². The molecule has 0 aromatic heterocycles. The number of hydrogen-bond donors (Lipinski definition) is 2. The summed E-state index contributed by atoms with van der Waals surface area (Å²) in [4.78, 5) is 24.8. The van der Waals surface area contributed by atoms with E-state index in [9.17, 15) is 9.59 Å². The zero-order chi connectivity index (χ0) is 18.3. The highest BCUT2D eigenvalue weighted by molar-refractivity contribution is 5.85. The lowest BCUT2D eigenvalue weighted by Gasteiger charge is -2.36. The van der Waals surface area contributed by atoms with E-state index in [0.29, 0.717) is 13.0 Å². The summed E-state index contributed by atoms with van der Waals surface area (Å²) < 4.78 is 4.88. The number of halogens is 1. The van der Waals surface area contributed by atoms with Gasteiger partial charge in [-0.25, -0.2) is 0 Å². The minimum atomic E-state index is -0.462. The summed E-state index contributed by atoms with van der Waals surface area (Å²) in [5, 5.41) is 3.06. The molecular formula is C20H31ClN2O3. The molecule has 3 N–H and O–H groups in total. The molecule has 0 spiro atoms. The number of nitrogens with two attached hydrogens (primary N) is 1. The minimum absolute atomic E-state index is 0. The van der Waals surface area contributed by atoms with Crippen LogP contribution in [0.15, 0.2) is 30.3 Å². The molecule has 1 amide bonds. The molecular weight excluding hydrogens is 352 g/mol. The molecule has 146 valence electrons. The second kappa shape index (κ2) is 10.5. The van der Waals surface area contributed by atoms with Gasteiger partial charge in [0.25, 0.3) is 0 Å². The van der Waals surface area contributed by atoms with Crippen molar-refractivity contribution in [3.05, 3.63) is 35.9 Å². The normalized spacial score (nSPS) is 18.1. The third-order valence-electron chi connectivity index (χ3n) is 5.43. The summed E-state index contributed by atoms with van der Waals surface area (Å²) in [6.07, 6.45) is 5.89. The fourth-order valence-corrected chi connectivity index (χ4v) is 3.80. The minimum Gasteiger partial charge on any atom is -0.469 e. The quantitative estimate of drug-likeness (QED) is 0.708. The molecule has 5 nitrogen and oxygen atoms in total. The average Bonchev–Trinajstić information content (AvgIpc) is 2.66. The number of ether oxygens (including phenoxy) is 1. The molecule has 1 aromatic carbocycles. The van der Waals surface area contributed by atoms with Crippen molar-refractivity contribution in [2.45, 2.75) is 51.5 Å². The topological polar surface area (TPSA) is 81.4 Å². The Hall–Kier alpha value is -1.59. The molecule has 0 saturated heterocycles. The zero-order valence-electron chi connectivity index (χ0n) is 15.7. The summed E-state index contributed by atoms with van der Waals surface area (Å²) in [5.41, 5.74) is 6.81. The molecule has 1 fully saturated rings. The molecule has 1 aromatic rings. The maximum Gasteiger partial charge on any atom is 0.310 e. The van der Waals surface area contributed by atoms with Crippen LogP contribution in [0.25, 0.3) is 0 Å². The predicted octanol–water partition coefficient (Wildman–Crippen LogP) is 3.37. The summed E-state index contributed by atoms with van der Waals surface area (Å²) in [7, 11) is 1.37. The molecule has 26 heavy (non-hydrogen) atoms. The number of benzene rings is 1. The van der Waals surface area contributed by atoms with Gasteiger partial charge in [0.2, 0.25) is 5.91 Å². The van der Waals surface area contributed by atoms with Crippen LogP contribution in [0, 0.1) is 11.3 Å². The highest BCUT2D eigenvalue weighted by atomic mass is 35.5. The van der Waals surface area contributed by atoms with E-state index in [-0.39, 0.29) is 29.7 Å². The lowest BCUT2D eigenvalue weighted by Crippen LogP contribution is -2.41. The number of nitrogens with one attached hydrogen (secondary N) is 1. The average molecular weight is 383 g/mol. The number of hydrogen-bond acceptors (Lipinski definition) is 4. The Bertz CT molecular complexity index is 574. The Labute approximate surface area is 162 Å². The molecule has 0 aliphatic heterocycles. The van der Waals surface area contributed by atoms with Crippen LogP contribution in [0.5, 0.6) is 0 Å². The van der Waals surface area contributed by atoms with E-state index in [1.807, 2.05) is 30.3 Å². The highest BCUT2D eigenvalue weighted by Gasteiger charge is 2.35. The van der Waals surface area contributed by atoms with E-state index in [4.69, 9.17) is 10.5 Å². The van der Waals surface area contributed by atoms with Gasteiger partial charge in [0.05, 0.1) is 19.1 Å². The molecule has 1 saturated carbocycles. The molecule has 2 unspecified atom stereocenters. The Morgan fingerprint density at radius 2 is 1.81 bits per heavy atom. The first-order chi connectivity index (χ1) is 12.0. The largest absolute Gasteiger partial charge is 0.469 e. The predicted molar refractivity (Wildman–Crippen MR) is 105 cm³/mol. The first kappa shape index (κ1) is 22.5. The van der Waals surface area contributed by atoms with Crippen molar-refractivity contribution >= 4 is 24.3 Å². The van der Waals surface area contributed by atoms with Crippen molar-refractivity contribution in [1.29, 1.82) is 0 Å². The van der Waals surface area contributed by atoms with E-state index >= 15 is 0 Å². The van der Waals surface area contributed by atoms with Gasteiger partial charge >= 0.3 is 5.97 Å². The van der Waals surface area contributed by atoms with Crippen LogP contribution in [0.1, 0.15) is 57.1 Å². The van der Waals surface area contributed by atoms with Gasteiger partial charge in [-0.1, -0.05) is 49.6 Å². The van der Waals surface area contributed by atoms with Crippen LogP contribution < -0.4 is 11.1 Å². The summed E-state index contributed by atoms with van der Waals surface area (Å²) in [6, 6.07) is 9.16. The second-order valence-corrected chi connectivity index (χ2v) is 7.21. The third-order valence-corrected chi connectivity index (χ3v) is 5.43. The van der Waals surface area contributed by atoms with E-state index < -0.39 is 12.0 Å². The Balaban J connectivity index is 0.00000338. The third kappa shape index (κ3) is 5.71. The molecule has 2 rings (SSSR count). The molecule has 0 heterocycles. The van der Waals surface area contributed by atoms with Gasteiger partial charge in [0, 0.05) is 6.42 Å². The number of carbonyl (C=O) groups excluding carboxylic acids is 2. The van der Waals surface area contributed by atoms with Crippen LogP contribution in [0.2, 0.25) is 0 Å². The van der Waals surface area contributed by atoms with Crippen molar-refractivity contribution in [2.24, 2.45) is 17.1 Å². The fourth-order valence-electron chi connectivity index (χ4n) is 3.80. The van der Waals surface area contributed by atoms with E-state index in [1.165, 1.54) is 13.5 Å². The summed E-state index contributed by atoms with van der Waals surface area (Å²) >= 11 is 0. The van der Waals surface area contributed by atoms with Gasteiger partial charge in [0.1, 0.15) is 0 Å². The smallest absolute Gasteiger partial charge is 0.310 e.